The topological polar surface area (TPSA) is 186 Å². The predicted octanol–water partition coefficient (Wildman–Crippen LogP) is -2.17. The highest BCUT2D eigenvalue weighted by Gasteiger charge is 2.47. The van der Waals surface area contributed by atoms with Crippen molar-refractivity contribution in [3.05, 3.63) is 29.8 Å². The van der Waals surface area contributed by atoms with Crippen LogP contribution in [0.4, 0.5) is 0 Å². The maximum Gasteiger partial charge on any atom is 0.331 e. The molecule has 1 aromatic carbocycles. The number of aliphatic hydroxyl groups excluding tert-OH is 5. The fourth-order valence-electron chi connectivity index (χ4n) is 2.58. The van der Waals surface area contributed by atoms with Crippen molar-refractivity contribution in [1.29, 1.82) is 0 Å². The maximum absolute atomic E-state index is 12.0. The van der Waals surface area contributed by atoms with Crippen molar-refractivity contribution in [3.63, 3.8) is 0 Å². The number of hydrogen-bond acceptors (Lipinski definition) is 11. The molecule has 7 N–H and O–H groups in total. The van der Waals surface area contributed by atoms with Crippen molar-refractivity contribution in [2.75, 3.05) is 19.8 Å². The molecule has 0 unspecified atom stereocenters. The average molecular weight is 416 g/mol. The molecule has 1 heterocycles. The quantitative estimate of drug-likeness (QED) is 0.139. The average Bonchev–Trinajstić information content (AvgIpc) is 2.71. The number of carbonyl (C=O) groups is 1. The number of aromatic hydroxyl groups is 2. The van der Waals surface area contributed by atoms with Gasteiger partial charge in [0.15, 0.2) is 23.9 Å². The largest absolute Gasteiger partial charge is 0.504 e. The molecule has 162 valence electrons. The van der Waals surface area contributed by atoms with Crippen LogP contribution in [0.15, 0.2) is 24.3 Å². The first-order chi connectivity index (χ1) is 13.8. The van der Waals surface area contributed by atoms with Crippen molar-refractivity contribution in [1.82, 2.24) is 0 Å². The third-order valence-corrected chi connectivity index (χ3v) is 4.15. The number of phenolic OH excluding ortho intramolecular Hbond substituents is 2. The summed E-state index contributed by atoms with van der Waals surface area (Å²) in [6.45, 7) is -1.64. The Kier molecular flexibility index (Phi) is 8.34. The number of esters is 1. The molecule has 11 heteroatoms. The van der Waals surface area contributed by atoms with Gasteiger partial charge in [0, 0.05) is 6.08 Å². The van der Waals surface area contributed by atoms with Crippen LogP contribution in [0, 0.1) is 0 Å². The number of aliphatic hydroxyl groups is 5. The Morgan fingerprint density at radius 2 is 1.90 bits per heavy atom. The summed E-state index contributed by atoms with van der Waals surface area (Å²) in [6, 6.07) is 3.87. The van der Waals surface area contributed by atoms with Gasteiger partial charge in [-0.15, -0.1) is 0 Å². The number of hydrogen-bond donors (Lipinski definition) is 7. The van der Waals surface area contributed by atoms with E-state index < -0.39 is 62.6 Å². The van der Waals surface area contributed by atoms with Crippen LogP contribution < -0.4 is 0 Å². The molecule has 0 radical (unpaired) electrons. The summed E-state index contributed by atoms with van der Waals surface area (Å²) in [4.78, 5) is 12.0. The van der Waals surface area contributed by atoms with E-state index in [1.54, 1.807) is 0 Å². The Morgan fingerprint density at radius 1 is 1.17 bits per heavy atom. The molecule has 0 aliphatic carbocycles. The van der Waals surface area contributed by atoms with Gasteiger partial charge in [0.25, 0.3) is 0 Å². The highest BCUT2D eigenvalue weighted by atomic mass is 16.7. The van der Waals surface area contributed by atoms with Gasteiger partial charge in [-0.3, -0.25) is 0 Å². The smallest absolute Gasteiger partial charge is 0.331 e. The van der Waals surface area contributed by atoms with Crippen molar-refractivity contribution in [3.8, 4) is 11.5 Å². The Labute approximate surface area is 165 Å². The van der Waals surface area contributed by atoms with E-state index in [1.165, 1.54) is 24.3 Å². The van der Waals surface area contributed by atoms with Crippen LogP contribution in [0.25, 0.3) is 6.08 Å². The molecule has 0 spiro atoms. The molecule has 1 aromatic rings. The second-order valence-corrected chi connectivity index (χ2v) is 6.36. The van der Waals surface area contributed by atoms with Crippen molar-refractivity contribution in [2.45, 2.75) is 36.8 Å². The molecule has 1 aliphatic rings. The van der Waals surface area contributed by atoms with Crippen LogP contribution in [0.5, 0.6) is 11.5 Å². The Bertz CT molecular complexity index is 705. The molecule has 2 rings (SSSR count). The van der Waals surface area contributed by atoms with E-state index in [9.17, 15) is 35.4 Å². The highest BCUT2D eigenvalue weighted by molar-refractivity contribution is 5.87. The molecule has 1 aliphatic heterocycles. The summed E-state index contributed by atoms with van der Waals surface area (Å²) in [5.41, 5.74) is 0.382. The zero-order chi connectivity index (χ0) is 21.6. The lowest BCUT2D eigenvalue weighted by Gasteiger charge is -2.41. The first-order valence-corrected chi connectivity index (χ1v) is 8.70. The molecular formula is C18H24O11. The van der Waals surface area contributed by atoms with Gasteiger partial charge < -0.3 is 50.0 Å². The van der Waals surface area contributed by atoms with Gasteiger partial charge in [0.05, 0.1) is 19.8 Å². The second kappa shape index (κ2) is 10.5. The molecular weight excluding hydrogens is 392 g/mol. The summed E-state index contributed by atoms with van der Waals surface area (Å²) in [5, 5.41) is 66.5. The fourth-order valence-corrected chi connectivity index (χ4v) is 2.58. The van der Waals surface area contributed by atoms with Gasteiger partial charge in [-0.1, -0.05) is 6.07 Å². The van der Waals surface area contributed by atoms with Crippen molar-refractivity contribution < 1.29 is 54.8 Å². The van der Waals surface area contributed by atoms with E-state index in [0.717, 1.165) is 6.08 Å². The molecule has 0 saturated carbocycles. The van der Waals surface area contributed by atoms with Gasteiger partial charge in [-0.25, -0.2) is 4.79 Å². The summed E-state index contributed by atoms with van der Waals surface area (Å²) >= 11 is 0. The predicted molar refractivity (Wildman–Crippen MR) is 95.5 cm³/mol. The van der Waals surface area contributed by atoms with Crippen LogP contribution in [-0.2, 0) is 19.0 Å². The fraction of sp³-hybridized carbons (Fsp3) is 0.500. The van der Waals surface area contributed by atoms with Crippen molar-refractivity contribution >= 4 is 12.0 Å². The Balaban J connectivity index is 2.00. The van der Waals surface area contributed by atoms with Crippen LogP contribution in [0.2, 0.25) is 0 Å². The Hall–Kier alpha value is -2.25. The summed E-state index contributed by atoms with van der Waals surface area (Å²) in [6.07, 6.45) is -6.33. The number of rotatable bonds is 8. The first-order valence-electron chi connectivity index (χ1n) is 8.70. The summed E-state index contributed by atoms with van der Waals surface area (Å²) in [7, 11) is 0. The molecule has 1 fully saturated rings. The molecule has 1 saturated heterocycles. The number of carbonyl (C=O) groups excluding carboxylic acids is 1. The van der Waals surface area contributed by atoms with Gasteiger partial charge in [-0.05, 0) is 23.8 Å². The first kappa shape index (κ1) is 23.0. The van der Waals surface area contributed by atoms with Gasteiger partial charge in [-0.2, -0.15) is 0 Å². The number of ether oxygens (including phenoxy) is 3. The van der Waals surface area contributed by atoms with E-state index in [4.69, 9.17) is 19.3 Å². The second-order valence-electron chi connectivity index (χ2n) is 6.36. The van der Waals surface area contributed by atoms with E-state index in [2.05, 4.69) is 0 Å². The van der Waals surface area contributed by atoms with Gasteiger partial charge in [0.1, 0.15) is 24.4 Å². The standard InChI is InChI=1S/C18H24O11/c19-6-10(21)8-27-18-16(26)15(25)17(13(7-20)28-18)29-14(24)4-2-9-1-3-11(22)12(23)5-9/h1-5,10,13,15-23,25-26H,6-8H2/t10-,13-,15-,16+,17+,18+/m0/s1. The number of phenols is 2. The molecule has 29 heavy (non-hydrogen) atoms. The number of benzene rings is 1. The SMILES string of the molecule is O=C(C=Cc1ccc(O)c(O)c1)O[C@H]1[C@@H](O)[C@@H](O)[C@H](OC[C@@H](O)CO)O[C@H]1CO. The highest BCUT2D eigenvalue weighted by Crippen LogP contribution is 2.26. The molecule has 6 atom stereocenters. The van der Waals surface area contributed by atoms with E-state index in [-0.39, 0.29) is 11.5 Å². The van der Waals surface area contributed by atoms with Crippen LogP contribution in [0.1, 0.15) is 5.56 Å². The molecule has 0 bridgehead atoms. The lowest BCUT2D eigenvalue weighted by molar-refractivity contribution is -0.306. The lowest BCUT2D eigenvalue weighted by atomic mass is 9.99. The molecule has 11 nitrogen and oxygen atoms in total. The Morgan fingerprint density at radius 3 is 2.52 bits per heavy atom. The zero-order valence-electron chi connectivity index (χ0n) is 15.2. The third-order valence-electron chi connectivity index (χ3n) is 4.15. The minimum atomic E-state index is -1.66. The third kappa shape index (κ3) is 6.11. The molecule has 0 amide bonds. The minimum absolute atomic E-state index is 0.324. The van der Waals surface area contributed by atoms with Gasteiger partial charge >= 0.3 is 5.97 Å². The monoisotopic (exact) mass is 416 g/mol. The molecule has 0 aromatic heterocycles. The summed E-state index contributed by atoms with van der Waals surface area (Å²) in [5.74, 6) is -1.63. The van der Waals surface area contributed by atoms with E-state index in [0.29, 0.717) is 5.56 Å². The van der Waals surface area contributed by atoms with E-state index >= 15 is 0 Å². The van der Waals surface area contributed by atoms with Crippen LogP contribution >= 0.6 is 0 Å². The maximum atomic E-state index is 12.0. The zero-order valence-corrected chi connectivity index (χ0v) is 15.2. The minimum Gasteiger partial charge on any atom is -0.504 e. The van der Waals surface area contributed by atoms with Crippen molar-refractivity contribution in [2.24, 2.45) is 0 Å². The lowest BCUT2D eigenvalue weighted by Crippen LogP contribution is -2.60. The summed E-state index contributed by atoms with van der Waals surface area (Å²) < 4.78 is 15.4. The van der Waals surface area contributed by atoms with E-state index in [1.807, 2.05) is 0 Å². The van der Waals surface area contributed by atoms with Crippen LogP contribution in [-0.4, -0.2) is 98.3 Å². The van der Waals surface area contributed by atoms with Crippen LogP contribution in [0.3, 0.4) is 0 Å². The normalized spacial score (nSPS) is 28.4. The van der Waals surface area contributed by atoms with Gasteiger partial charge in [0.2, 0.25) is 0 Å².